The predicted octanol–water partition coefficient (Wildman–Crippen LogP) is 0.986. The van der Waals surface area contributed by atoms with Crippen LogP contribution in [-0.4, -0.2) is 38.9 Å². The van der Waals surface area contributed by atoms with Gasteiger partial charge in [-0.15, -0.1) is 0 Å². The van der Waals surface area contributed by atoms with Crippen molar-refractivity contribution < 1.29 is 14.1 Å². The molecule has 1 atom stereocenters. The van der Waals surface area contributed by atoms with E-state index in [2.05, 4.69) is 5.32 Å². The van der Waals surface area contributed by atoms with Gasteiger partial charge in [-0.25, -0.2) is 0 Å². The zero-order valence-corrected chi connectivity index (χ0v) is 10.8. The molecule has 1 fully saturated rings. The lowest BCUT2D eigenvalue weighted by atomic mass is 10.0. The van der Waals surface area contributed by atoms with Crippen molar-refractivity contribution in [3.8, 4) is 0 Å². The third-order valence-electron chi connectivity index (χ3n) is 2.83. The Morgan fingerprint density at radius 2 is 2.00 bits per heavy atom. The van der Waals surface area contributed by atoms with Crippen LogP contribution in [0.2, 0.25) is 0 Å². The summed E-state index contributed by atoms with van der Waals surface area (Å²) in [4.78, 5) is 11.1. The molecule has 94 valence electrons. The van der Waals surface area contributed by atoms with Crippen molar-refractivity contribution in [2.24, 2.45) is 5.92 Å². The highest BCUT2D eigenvalue weighted by Gasteiger charge is 2.25. The molecule has 1 rings (SSSR count). The Labute approximate surface area is 99.3 Å². The van der Waals surface area contributed by atoms with Gasteiger partial charge in [0.1, 0.15) is 6.04 Å². The van der Waals surface area contributed by atoms with E-state index in [1.807, 2.05) is 13.8 Å². The summed E-state index contributed by atoms with van der Waals surface area (Å²) in [6.07, 6.45) is 2.30. The molecule has 0 aromatic heterocycles. The lowest BCUT2D eigenvalue weighted by Gasteiger charge is -2.27. The summed E-state index contributed by atoms with van der Waals surface area (Å²) in [5.74, 6) is 0.990. The minimum absolute atomic E-state index is 0.220. The average molecular weight is 247 g/mol. The Balaban J connectivity index is 2.42. The third kappa shape index (κ3) is 4.61. The second-order valence-electron chi connectivity index (χ2n) is 4.81. The van der Waals surface area contributed by atoms with Gasteiger partial charge in [0, 0.05) is 28.3 Å². The number of hydrogen-bond donors (Lipinski definition) is 2. The molecule has 1 aliphatic rings. The first-order valence-electron chi connectivity index (χ1n) is 5.83. The van der Waals surface area contributed by atoms with Crippen LogP contribution in [0.3, 0.4) is 0 Å². The molecule has 0 spiro atoms. The van der Waals surface area contributed by atoms with E-state index in [-0.39, 0.29) is 6.04 Å². The summed E-state index contributed by atoms with van der Waals surface area (Å²) in [6.45, 7) is 4.04. The van der Waals surface area contributed by atoms with Crippen molar-refractivity contribution >= 4 is 16.8 Å². The smallest absolute Gasteiger partial charge is 0.320 e. The second kappa shape index (κ2) is 6.35. The highest BCUT2D eigenvalue weighted by atomic mass is 32.2. The van der Waals surface area contributed by atoms with Gasteiger partial charge in [0.15, 0.2) is 0 Å². The first-order valence-corrected chi connectivity index (χ1v) is 7.31. The number of carbonyl (C=O) groups is 1. The monoisotopic (exact) mass is 247 g/mol. The number of hydrogen-bond acceptors (Lipinski definition) is 3. The summed E-state index contributed by atoms with van der Waals surface area (Å²) in [6, 6.07) is -0.242. The van der Waals surface area contributed by atoms with Crippen LogP contribution in [0.15, 0.2) is 0 Å². The summed E-state index contributed by atoms with van der Waals surface area (Å²) >= 11 is 0. The Bertz CT molecular complexity index is 258. The van der Waals surface area contributed by atoms with E-state index in [0.717, 1.165) is 12.8 Å². The zero-order chi connectivity index (χ0) is 12.1. The van der Waals surface area contributed by atoms with Crippen molar-refractivity contribution in [1.82, 2.24) is 5.32 Å². The molecular formula is C11H21NO3S. The standard InChI is InChI=1S/C11H21NO3S/c1-8(2)7-10(11(13)14)12-9-3-5-16(15)6-4-9/h8-10,12H,3-7H2,1-2H3,(H,13,14). The highest BCUT2D eigenvalue weighted by Crippen LogP contribution is 2.12. The first kappa shape index (κ1) is 13.6. The Hall–Kier alpha value is -0.420. The molecule has 0 amide bonds. The molecule has 4 nitrogen and oxygen atoms in total. The normalized spacial score (nSPS) is 27.9. The van der Waals surface area contributed by atoms with E-state index in [4.69, 9.17) is 5.11 Å². The first-order chi connectivity index (χ1) is 7.49. The van der Waals surface area contributed by atoms with Crippen molar-refractivity contribution in [3.05, 3.63) is 0 Å². The van der Waals surface area contributed by atoms with Gasteiger partial charge in [-0.3, -0.25) is 9.00 Å². The fraction of sp³-hybridized carbons (Fsp3) is 0.909. The van der Waals surface area contributed by atoms with Crippen LogP contribution in [0.1, 0.15) is 33.1 Å². The van der Waals surface area contributed by atoms with Crippen LogP contribution in [-0.2, 0) is 15.6 Å². The molecule has 1 heterocycles. The molecule has 0 saturated carbocycles. The molecular weight excluding hydrogens is 226 g/mol. The van der Waals surface area contributed by atoms with Gasteiger partial charge in [-0.2, -0.15) is 0 Å². The molecule has 1 unspecified atom stereocenters. The van der Waals surface area contributed by atoms with E-state index < -0.39 is 22.8 Å². The van der Waals surface area contributed by atoms with Gasteiger partial charge in [0.05, 0.1) is 0 Å². The van der Waals surface area contributed by atoms with Crippen molar-refractivity contribution in [2.45, 2.75) is 45.2 Å². The molecule has 0 aliphatic carbocycles. The quantitative estimate of drug-likeness (QED) is 0.760. The molecule has 0 aromatic carbocycles. The molecule has 1 aliphatic heterocycles. The lowest BCUT2D eigenvalue weighted by molar-refractivity contribution is -0.140. The predicted molar refractivity (Wildman–Crippen MR) is 64.9 cm³/mol. The molecule has 0 radical (unpaired) electrons. The summed E-state index contributed by atoms with van der Waals surface area (Å²) < 4.78 is 11.2. The maximum Gasteiger partial charge on any atom is 0.320 e. The van der Waals surface area contributed by atoms with Crippen molar-refractivity contribution in [1.29, 1.82) is 0 Å². The van der Waals surface area contributed by atoms with Gasteiger partial charge in [-0.05, 0) is 25.2 Å². The van der Waals surface area contributed by atoms with Gasteiger partial charge >= 0.3 is 5.97 Å². The molecule has 2 N–H and O–H groups in total. The molecule has 16 heavy (non-hydrogen) atoms. The molecule has 0 bridgehead atoms. The Morgan fingerprint density at radius 1 is 1.44 bits per heavy atom. The largest absolute Gasteiger partial charge is 0.480 e. The van der Waals surface area contributed by atoms with Crippen LogP contribution in [0, 0.1) is 5.92 Å². The third-order valence-corrected chi connectivity index (χ3v) is 4.21. The van der Waals surface area contributed by atoms with E-state index in [9.17, 15) is 9.00 Å². The molecule has 5 heteroatoms. The minimum Gasteiger partial charge on any atom is -0.480 e. The average Bonchev–Trinajstić information content (AvgIpc) is 2.19. The van der Waals surface area contributed by atoms with Crippen LogP contribution >= 0.6 is 0 Å². The summed E-state index contributed by atoms with van der Waals surface area (Å²) in [7, 11) is -0.685. The fourth-order valence-electron chi connectivity index (χ4n) is 1.96. The van der Waals surface area contributed by atoms with Crippen molar-refractivity contribution in [2.75, 3.05) is 11.5 Å². The van der Waals surface area contributed by atoms with E-state index in [1.165, 1.54) is 0 Å². The summed E-state index contributed by atoms with van der Waals surface area (Å²) in [5, 5.41) is 12.3. The number of nitrogens with one attached hydrogen (secondary N) is 1. The van der Waals surface area contributed by atoms with Crippen LogP contribution < -0.4 is 5.32 Å². The fourth-order valence-corrected chi connectivity index (χ4v) is 3.26. The highest BCUT2D eigenvalue weighted by molar-refractivity contribution is 7.85. The van der Waals surface area contributed by atoms with Gasteiger partial charge in [-0.1, -0.05) is 13.8 Å². The molecule has 1 saturated heterocycles. The SMILES string of the molecule is CC(C)CC(NC1CCS(=O)CC1)C(=O)O. The van der Waals surface area contributed by atoms with Crippen LogP contribution in [0.4, 0.5) is 0 Å². The Morgan fingerprint density at radius 3 is 2.44 bits per heavy atom. The molecule has 0 aromatic rings. The van der Waals surface area contributed by atoms with E-state index in [1.54, 1.807) is 0 Å². The number of carboxylic acids is 1. The maximum absolute atomic E-state index is 11.2. The van der Waals surface area contributed by atoms with Crippen LogP contribution in [0.25, 0.3) is 0 Å². The second-order valence-corrected chi connectivity index (χ2v) is 6.51. The maximum atomic E-state index is 11.2. The zero-order valence-electron chi connectivity index (χ0n) is 9.94. The van der Waals surface area contributed by atoms with Gasteiger partial charge in [0.25, 0.3) is 0 Å². The number of rotatable bonds is 5. The Kier molecular flexibility index (Phi) is 5.41. The number of carboxylic acid groups (broad SMARTS) is 1. The van der Waals surface area contributed by atoms with E-state index >= 15 is 0 Å². The van der Waals surface area contributed by atoms with Gasteiger partial charge < -0.3 is 10.4 Å². The van der Waals surface area contributed by atoms with Crippen molar-refractivity contribution in [3.63, 3.8) is 0 Å². The van der Waals surface area contributed by atoms with Crippen LogP contribution in [0.5, 0.6) is 0 Å². The lowest BCUT2D eigenvalue weighted by Crippen LogP contribution is -2.46. The topological polar surface area (TPSA) is 66.4 Å². The summed E-state index contributed by atoms with van der Waals surface area (Å²) in [5.41, 5.74) is 0. The number of aliphatic carboxylic acids is 1. The minimum atomic E-state index is -0.777. The van der Waals surface area contributed by atoms with E-state index in [0.29, 0.717) is 23.8 Å². The van der Waals surface area contributed by atoms with Gasteiger partial charge in [0.2, 0.25) is 0 Å².